The maximum atomic E-state index is 13.8. The lowest BCUT2D eigenvalue weighted by molar-refractivity contribution is 0.102. The number of aryl methyl sites for hydroxylation is 1. The summed E-state index contributed by atoms with van der Waals surface area (Å²) in [7, 11) is -3.99. The largest absolute Gasteiger partial charge is 0.322 e. The number of nitrogens with zero attached hydrogens (tertiary/aromatic N) is 2. The summed E-state index contributed by atoms with van der Waals surface area (Å²) in [6.45, 7) is 6.37. The third-order valence-electron chi connectivity index (χ3n) is 6.30. The van der Waals surface area contributed by atoms with E-state index in [1.807, 2.05) is 13.8 Å². The minimum Gasteiger partial charge on any atom is -0.322 e. The van der Waals surface area contributed by atoms with E-state index >= 15 is 0 Å². The van der Waals surface area contributed by atoms with Crippen molar-refractivity contribution in [2.75, 3.05) is 18.4 Å². The molecule has 196 valence electrons. The van der Waals surface area contributed by atoms with Gasteiger partial charge in [-0.05, 0) is 49.8 Å². The molecule has 1 N–H and O–H groups in total. The molecular formula is C26H32F3N3O3S. The van der Waals surface area contributed by atoms with Crippen molar-refractivity contribution in [1.82, 2.24) is 4.31 Å². The van der Waals surface area contributed by atoms with Crippen molar-refractivity contribution in [3.8, 4) is 0 Å². The quantitative estimate of drug-likeness (QED) is 0.338. The van der Waals surface area contributed by atoms with Crippen molar-refractivity contribution in [2.24, 2.45) is 10.9 Å². The molecule has 0 radical (unpaired) electrons. The second kappa shape index (κ2) is 12.0. The molecule has 1 atom stereocenters. The Labute approximate surface area is 210 Å². The van der Waals surface area contributed by atoms with Crippen LogP contribution in [0.5, 0.6) is 0 Å². The average Bonchev–Trinajstić information content (AvgIpc) is 2.80. The molecule has 0 aliphatic carbocycles. The molecule has 1 unspecified atom stereocenters. The van der Waals surface area contributed by atoms with Crippen LogP contribution in [0.2, 0.25) is 0 Å². The predicted molar refractivity (Wildman–Crippen MR) is 135 cm³/mol. The Morgan fingerprint density at radius 2 is 1.64 bits per heavy atom. The van der Waals surface area contributed by atoms with Crippen LogP contribution in [-0.4, -0.2) is 37.9 Å². The fraction of sp³-hybridized carbons (Fsp3) is 0.462. The highest BCUT2D eigenvalue weighted by Gasteiger charge is 2.29. The first kappa shape index (κ1) is 27.9. The topological polar surface area (TPSA) is 78.8 Å². The van der Waals surface area contributed by atoms with Crippen molar-refractivity contribution in [2.45, 2.75) is 64.2 Å². The van der Waals surface area contributed by atoms with Gasteiger partial charge in [0.15, 0.2) is 17.5 Å². The first-order valence-electron chi connectivity index (χ1n) is 12.2. The zero-order valence-electron chi connectivity index (χ0n) is 20.8. The SMILES string of the molecule is CCC(C)C=Nc1c(C)cc(C(=O)Nc2cc(F)c(F)c(F)c2)cc1S(=O)(=O)N1CCCCCCC1. The summed E-state index contributed by atoms with van der Waals surface area (Å²) >= 11 is 0. The summed E-state index contributed by atoms with van der Waals surface area (Å²) in [5, 5.41) is 2.32. The second-order valence-corrected chi connectivity index (χ2v) is 11.1. The highest BCUT2D eigenvalue weighted by Crippen LogP contribution is 2.33. The standard InChI is InChI=1S/C26H32F3N3O3S/c1-4-17(2)16-30-25-18(3)12-19(26(33)31-20-14-21(27)24(29)22(28)15-20)13-23(25)36(34,35)32-10-8-6-5-7-9-11-32/h12-17H,4-11H2,1-3H3,(H,31,33). The monoisotopic (exact) mass is 523 g/mol. The number of hydrogen-bond acceptors (Lipinski definition) is 4. The number of sulfonamides is 1. The molecule has 2 aromatic carbocycles. The van der Waals surface area contributed by atoms with Crippen LogP contribution in [0.4, 0.5) is 24.5 Å². The van der Waals surface area contributed by atoms with E-state index in [1.165, 1.54) is 16.4 Å². The van der Waals surface area contributed by atoms with Gasteiger partial charge in [0.25, 0.3) is 5.91 Å². The minimum absolute atomic E-state index is 0.0225. The second-order valence-electron chi connectivity index (χ2n) is 9.18. The molecule has 0 aromatic heterocycles. The predicted octanol–water partition coefficient (Wildman–Crippen LogP) is 6.37. The lowest BCUT2D eigenvalue weighted by atomic mass is 10.1. The Hall–Kier alpha value is -2.72. The van der Waals surface area contributed by atoms with Gasteiger partial charge in [0.2, 0.25) is 10.0 Å². The molecule has 6 nitrogen and oxygen atoms in total. The molecule has 1 aliphatic heterocycles. The van der Waals surface area contributed by atoms with Gasteiger partial charge in [-0.3, -0.25) is 9.79 Å². The maximum absolute atomic E-state index is 13.8. The number of aliphatic imine (C=N–C) groups is 1. The van der Waals surface area contributed by atoms with E-state index in [-0.39, 0.29) is 27.8 Å². The van der Waals surface area contributed by atoms with Crippen molar-refractivity contribution in [3.63, 3.8) is 0 Å². The maximum Gasteiger partial charge on any atom is 0.255 e. The van der Waals surface area contributed by atoms with Crippen LogP contribution in [0.15, 0.2) is 34.2 Å². The number of benzene rings is 2. The van der Waals surface area contributed by atoms with Crippen molar-refractivity contribution >= 4 is 33.5 Å². The van der Waals surface area contributed by atoms with Gasteiger partial charge in [-0.15, -0.1) is 0 Å². The summed E-state index contributed by atoms with van der Waals surface area (Å²) in [6, 6.07) is 4.04. The molecule has 1 fully saturated rings. The van der Waals surface area contributed by atoms with Gasteiger partial charge < -0.3 is 5.32 Å². The molecule has 3 rings (SSSR count). The van der Waals surface area contributed by atoms with Crippen molar-refractivity contribution in [3.05, 3.63) is 52.8 Å². The number of carbonyl (C=O) groups excluding carboxylic acids is 1. The van der Waals surface area contributed by atoms with Gasteiger partial charge in [0.05, 0.1) is 5.69 Å². The van der Waals surface area contributed by atoms with Gasteiger partial charge in [-0.2, -0.15) is 4.31 Å². The Balaban J connectivity index is 2.06. The van der Waals surface area contributed by atoms with E-state index in [0.717, 1.165) is 38.5 Å². The van der Waals surface area contributed by atoms with Crippen molar-refractivity contribution in [1.29, 1.82) is 0 Å². The molecule has 2 aromatic rings. The normalized spacial score (nSPS) is 16.5. The number of halogens is 3. The zero-order valence-corrected chi connectivity index (χ0v) is 21.6. The Kier molecular flexibility index (Phi) is 9.30. The smallest absolute Gasteiger partial charge is 0.255 e. The first-order chi connectivity index (χ1) is 17.0. The van der Waals surface area contributed by atoms with Gasteiger partial charge in [0.1, 0.15) is 4.90 Å². The van der Waals surface area contributed by atoms with Crippen LogP contribution in [0.25, 0.3) is 0 Å². The van der Waals surface area contributed by atoms with Crippen LogP contribution in [0.3, 0.4) is 0 Å². The number of hydrogen-bond donors (Lipinski definition) is 1. The molecule has 1 amide bonds. The summed E-state index contributed by atoms with van der Waals surface area (Å²) in [6.07, 6.45) is 6.95. The van der Waals surface area contributed by atoms with Crippen LogP contribution in [-0.2, 0) is 10.0 Å². The van der Waals surface area contributed by atoms with E-state index in [2.05, 4.69) is 10.3 Å². The van der Waals surface area contributed by atoms with E-state index in [1.54, 1.807) is 13.1 Å². The summed E-state index contributed by atoms with van der Waals surface area (Å²) in [5.41, 5.74) is 0.406. The van der Waals surface area contributed by atoms with E-state index in [9.17, 15) is 26.4 Å². The fourth-order valence-corrected chi connectivity index (χ4v) is 5.73. The zero-order chi connectivity index (χ0) is 26.5. The molecule has 1 saturated heterocycles. The Morgan fingerprint density at radius 3 is 2.22 bits per heavy atom. The summed E-state index contributed by atoms with van der Waals surface area (Å²) < 4.78 is 69.5. The molecule has 0 bridgehead atoms. The van der Waals surface area contributed by atoms with Crippen molar-refractivity contribution < 1.29 is 26.4 Å². The molecule has 0 spiro atoms. The first-order valence-corrected chi connectivity index (χ1v) is 13.6. The van der Waals surface area contributed by atoms with Crippen LogP contribution in [0, 0.1) is 30.3 Å². The van der Waals surface area contributed by atoms with E-state index < -0.39 is 33.4 Å². The van der Waals surface area contributed by atoms with Gasteiger partial charge in [-0.25, -0.2) is 21.6 Å². The third-order valence-corrected chi connectivity index (χ3v) is 8.22. The summed E-state index contributed by atoms with van der Waals surface area (Å²) in [4.78, 5) is 17.4. The van der Waals surface area contributed by atoms with E-state index in [0.29, 0.717) is 30.8 Å². The lowest BCUT2D eigenvalue weighted by Gasteiger charge is -2.25. The minimum atomic E-state index is -3.99. The third kappa shape index (κ3) is 6.53. The number of nitrogens with one attached hydrogen (secondary N) is 1. The number of rotatable bonds is 7. The molecule has 0 saturated carbocycles. The van der Waals surface area contributed by atoms with Crippen LogP contribution >= 0.6 is 0 Å². The Morgan fingerprint density at radius 1 is 1.06 bits per heavy atom. The number of amides is 1. The molecular weight excluding hydrogens is 491 g/mol. The van der Waals surface area contributed by atoms with E-state index in [4.69, 9.17) is 0 Å². The lowest BCUT2D eigenvalue weighted by Crippen LogP contribution is -2.34. The molecule has 36 heavy (non-hydrogen) atoms. The number of anilines is 1. The van der Waals surface area contributed by atoms with Gasteiger partial charge in [-0.1, -0.05) is 33.1 Å². The molecule has 1 aliphatic rings. The Bertz CT molecular complexity index is 1220. The molecule has 10 heteroatoms. The highest BCUT2D eigenvalue weighted by atomic mass is 32.2. The van der Waals surface area contributed by atoms with Crippen LogP contribution < -0.4 is 5.32 Å². The average molecular weight is 524 g/mol. The fourth-order valence-electron chi connectivity index (χ4n) is 3.98. The van der Waals surface area contributed by atoms with Gasteiger partial charge in [0, 0.05) is 42.7 Å². The highest BCUT2D eigenvalue weighted by molar-refractivity contribution is 7.89. The summed E-state index contributed by atoms with van der Waals surface area (Å²) in [5.74, 6) is -5.21. The van der Waals surface area contributed by atoms with Crippen LogP contribution in [0.1, 0.15) is 68.3 Å². The van der Waals surface area contributed by atoms with Gasteiger partial charge >= 0.3 is 0 Å². The number of carbonyl (C=O) groups is 1. The molecule has 1 heterocycles.